The molecule has 7 heteroatoms. The molecule has 1 aromatic carbocycles. The minimum Gasteiger partial charge on any atom is -0.468 e. The van der Waals surface area contributed by atoms with Gasteiger partial charge in [0.2, 0.25) is 0 Å². The molecule has 27 heavy (non-hydrogen) atoms. The lowest BCUT2D eigenvalue weighted by molar-refractivity contribution is 0.195. The fraction of sp³-hybridized carbons (Fsp3) is 0.300. The maximum absolute atomic E-state index is 12.7. The molecular weight excluding hydrogens is 362 g/mol. The second-order valence-electron chi connectivity index (χ2n) is 6.54. The van der Waals surface area contributed by atoms with Crippen LogP contribution in [0.1, 0.15) is 36.1 Å². The van der Waals surface area contributed by atoms with Crippen molar-refractivity contribution in [3.63, 3.8) is 0 Å². The van der Waals surface area contributed by atoms with Crippen LogP contribution in [0.25, 0.3) is 0 Å². The molecule has 1 saturated heterocycles. The number of likely N-dealkylation sites (tertiary alicyclic amines) is 1. The minimum atomic E-state index is -0.109. The maximum Gasteiger partial charge on any atom is 0.322 e. The number of anilines is 1. The van der Waals surface area contributed by atoms with Crippen LogP contribution < -0.4 is 5.32 Å². The molecule has 6 nitrogen and oxygen atoms in total. The van der Waals surface area contributed by atoms with Gasteiger partial charge >= 0.3 is 6.03 Å². The summed E-state index contributed by atoms with van der Waals surface area (Å²) in [6, 6.07) is 13.5. The Hall–Kier alpha value is -2.67. The van der Waals surface area contributed by atoms with E-state index < -0.39 is 0 Å². The normalized spacial score (nSPS) is 16.6. The molecule has 2 aromatic heterocycles. The second-order valence-corrected chi connectivity index (χ2v) is 7.59. The number of benzene rings is 1. The van der Waals surface area contributed by atoms with E-state index in [1.165, 1.54) is 0 Å². The molecule has 0 bridgehead atoms. The second kappa shape index (κ2) is 7.92. The molecule has 3 aromatic rings. The number of carbonyl (C=O) groups is 1. The summed E-state index contributed by atoms with van der Waals surface area (Å²) in [5.41, 5.74) is 1.61. The van der Waals surface area contributed by atoms with Crippen LogP contribution in [0.5, 0.6) is 0 Å². The fourth-order valence-corrected chi connectivity index (χ4v) is 4.03. The van der Waals surface area contributed by atoms with Crippen LogP contribution in [0.3, 0.4) is 0 Å². The van der Waals surface area contributed by atoms with E-state index in [-0.39, 0.29) is 12.1 Å². The van der Waals surface area contributed by atoms with Crippen LogP contribution in [-0.4, -0.2) is 22.6 Å². The summed E-state index contributed by atoms with van der Waals surface area (Å²) < 4.78 is 10.7. The molecule has 0 aliphatic carbocycles. The number of nitrogens with one attached hydrogen (secondary N) is 1. The van der Waals surface area contributed by atoms with E-state index in [2.05, 4.69) is 10.5 Å². The molecular formula is C20H21N3O3S. The van der Waals surface area contributed by atoms with Gasteiger partial charge in [0.15, 0.2) is 5.76 Å². The van der Waals surface area contributed by atoms with E-state index in [0.717, 1.165) is 46.4 Å². The third-order valence-corrected chi connectivity index (χ3v) is 5.59. The largest absolute Gasteiger partial charge is 0.468 e. The lowest BCUT2D eigenvalue weighted by atomic mass is 10.1. The quantitative estimate of drug-likeness (QED) is 0.610. The molecule has 140 valence electrons. The van der Waals surface area contributed by atoms with Crippen molar-refractivity contribution >= 4 is 23.5 Å². The number of hydrogen-bond donors (Lipinski definition) is 1. The molecule has 1 aliphatic rings. The van der Waals surface area contributed by atoms with Gasteiger partial charge < -0.3 is 19.2 Å². The summed E-state index contributed by atoms with van der Waals surface area (Å²) in [4.78, 5) is 15.7. The van der Waals surface area contributed by atoms with Gasteiger partial charge in [-0.05, 0) is 56.2 Å². The summed E-state index contributed by atoms with van der Waals surface area (Å²) in [5.74, 6) is 2.48. The van der Waals surface area contributed by atoms with Crippen LogP contribution in [-0.2, 0) is 5.75 Å². The van der Waals surface area contributed by atoms with Crippen molar-refractivity contribution in [3.8, 4) is 0 Å². The van der Waals surface area contributed by atoms with E-state index in [1.807, 2.05) is 54.3 Å². The highest BCUT2D eigenvalue weighted by Gasteiger charge is 2.32. The van der Waals surface area contributed by atoms with Gasteiger partial charge in [-0.15, -0.1) is 11.8 Å². The average molecular weight is 383 g/mol. The average Bonchev–Trinajstić information content (AvgIpc) is 3.42. The Morgan fingerprint density at radius 2 is 2.19 bits per heavy atom. The van der Waals surface area contributed by atoms with Gasteiger partial charge in [-0.25, -0.2) is 4.79 Å². The van der Waals surface area contributed by atoms with Gasteiger partial charge in [-0.3, -0.25) is 0 Å². The van der Waals surface area contributed by atoms with E-state index in [9.17, 15) is 4.79 Å². The van der Waals surface area contributed by atoms with Crippen molar-refractivity contribution in [3.05, 3.63) is 65.9 Å². The molecule has 4 rings (SSSR count). The molecule has 2 amide bonds. The number of carbonyl (C=O) groups excluding carboxylic acids is 1. The lowest BCUT2D eigenvalue weighted by Gasteiger charge is -2.23. The highest BCUT2D eigenvalue weighted by molar-refractivity contribution is 7.98. The Balaban J connectivity index is 1.36. The number of urea groups is 1. The highest BCUT2D eigenvalue weighted by atomic mass is 32.2. The Kier molecular flexibility index (Phi) is 5.20. The van der Waals surface area contributed by atoms with Crippen LogP contribution in [0, 0.1) is 6.92 Å². The molecule has 1 aliphatic heterocycles. The molecule has 0 spiro atoms. The minimum absolute atomic E-state index is 0.0469. The zero-order chi connectivity index (χ0) is 18.6. The maximum atomic E-state index is 12.7. The standard InChI is InChI=1S/C20H21N3O3S/c1-14-12-19(26-22-14)18-5-2-10-23(18)20(24)21-15-6-8-17(9-7-15)27-13-16-4-3-11-25-16/h3-4,6-9,11-12,18H,2,5,10,13H2,1H3,(H,21,24)/t18-/m0/s1. The Labute approximate surface area is 161 Å². The van der Waals surface area contributed by atoms with Gasteiger partial charge in [0.05, 0.1) is 23.8 Å². The van der Waals surface area contributed by atoms with Crippen molar-refractivity contribution < 1.29 is 13.7 Å². The first-order valence-electron chi connectivity index (χ1n) is 8.95. The number of rotatable bonds is 5. The number of thioether (sulfide) groups is 1. The van der Waals surface area contributed by atoms with Gasteiger partial charge in [-0.2, -0.15) is 0 Å². The summed E-state index contributed by atoms with van der Waals surface area (Å²) >= 11 is 1.69. The van der Waals surface area contributed by atoms with E-state index >= 15 is 0 Å². The van der Waals surface area contributed by atoms with Crippen LogP contribution in [0.4, 0.5) is 10.5 Å². The first kappa shape index (κ1) is 17.7. The number of hydrogen-bond acceptors (Lipinski definition) is 5. The number of aryl methyl sites for hydroxylation is 1. The van der Waals surface area contributed by atoms with E-state index in [4.69, 9.17) is 8.94 Å². The zero-order valence-electron chi connectivity index (χ0n) is 15.1. The third-order valence-electron chi connectivity index (χ3n) is 4.56. The topological polar surface area (TPSA) is 71.5 Å². The molecule has 1 N–H and O–H groups in total. The van der Waals surface area contributed by atoms with Crippen molar-refractivity contribution in [1.29, 1.82) is 0 Å². The fourth-order valence-electron chi connectivity index (χ4n) is 3.22. The SMILES string of the molecule is Cc1cc([C@@H]2CCCN2C(=O)Nc2ccc(SCc3ccco3)cc2)on1. The number of aromatic nitrogens is 1. The van der Waals surface area contributed by atoms with Gasteiger partial charge in [0.1, 0.15) is 5.76 Å². The number of nitrogens with zero attached hydrogens (tertiary/aromatic N) is 2. The van der Waals surface area contributed by atoms with Crippen molar-refractivity contribution in [1.82, 2.24) is 10.1 Å². The molecule has 1 fully saturated rings. The van der Waals surface area contributed by atoms with Crippen molar-refractivity contribution in [2.45, 2.75) is 36.5 Å². The van der Waals surface area contributed by atoms with Gasteiger partial charge in [0.25, 0.3) is 0 Å². The Bertz CT molecular complexity index is 890. The Morgan fingerprint density at radius 3 is 2.89 bits per heavy atom. The van der Waals surface area contributed by atoms with Gasteiger partial charge in [0, 0.05) is 23.2 Å². The first-order chi connectivity index (χ1) is 13.2. The monoisotopic (exact) mass is 383 g/mol. The number of amides is 2. The predicted octanol–water partition coefficient (Wildman–Crippen LogP) is 5.24. The summed E-state index contributed by atoms with van der Waals surface area (Å²) in [6.45, 7) is 2.60. The molecule has 0 radical (unpaired) electrons. The van der Waals surface area contributed by atoms with Gasteiger partial charge in [-0.1, -0.05) is 5.16 Å². The predicted molar refractivity (Wildman–Crippen MR) is 104 cm³/mol. The molecule has 1 atom stereocenters. The molecule has 3 heterocycles. The number of furan rings is 1. The van der Waals surface area contributed by atoms with E-state index in [1.54, 1.807) is 18.0 Å². The third kappa shape index (κ3) is 4.19. The summed E-state index contributed by atoms with van der Waals surface area (Å²) in [5, 5.41) is 6.93. The smallest absolute Gasteiger partial charge is 0.322 e. The highest BCUT2D eigenvalue weighted by Crippen LogP contribution is 2.33. The summed E-state index contributed by atoms with van der Waals surface area (Å²) in [6.07, 6.45) is 3.53. The van der Waals surface area contributed by atoms with E-state index in [0.29, 0.717) is 6.54 Å². The van der Waals surface area contributed by atoms with Crippen molar-refractivity contribution in [2.24, 2.45) is 0 Å². The van der Waals surface area contributed by atoms with Crippen LogP contribution in [0.15, 0.2) is 62.6 Å². The Morgan fingerprint density at radius 1 is 1.33 bits per heavy atom. The lowest BCUT2D eigenvalue weighted by Crippen LogP contribution is -2.34. The first-order valence-corrected chi connectivity index (χ1v) is 9.94. The summed E-state index contributed by atoms with van der Waals surface area (Å²) in [7, 11) is 0. The molecule has 0 unspecified atom stereocenters. The zero-order valence-corrected chi connectivity index (χ0v) is 15.9. The molecule has 0 saturated carbocycles. The van der Waals surface area contributed by atoms with Crippen LogP contribution >= 0.6 is 11.8 Å². The van der Waals surface area contributed by atoms with Crippen LogP contribution in [0.2, 0.25) is 0 Å². The van der Waals surface area contributed by atoms with Crippen molar-refractivity contribution in [2.75, 3.05) is 11.9 Å².